The first-order valence-corrected chi connectivity index (χ1v) is 14.8. The lowest BCUT2D eigenvalue weighted by molar-refractivity contribution is 0.426. The Hall–Kier alpha value is -0.473. The summed E-state index contributed by atoms with van der Waals surface area (Å²) in [5, 5.41) is 0. The summed E-state index contributed by atoms with van der Waals surface area (Å²) in [7, 11) is -1.28. The molecule has 0 N–H and O–H groups in total. The summed E-state index contributed by atoms with van der Waals surface area (Å²) < 4.78 is 0.220. The van der Waals surface area contributed by atoms with Crippen LogP contribution in [0.1, 0.15) is 60.8 Å². The second-order valence-corrected chi connectivity index (χ2v) is 20.2. The average Bonchev–Trinajstić information content (AvgIpc) is 2.86. The van der Waals surface area contributed by atoms with Gasteiger partial charge in [0.15, 0.2) is 0 Å². The van der Waals surface area contributed by atoms with E-state index in [2.05, 4.69) is 103 Å². The van der Waals surface area contributed by atoms with Crippen molar-refractivity contribution in [3.05, 3.63) is 47.1 Å². The van der Waals surface area contributed by atoms with Crippen LogP contribution in [0.3, 0.4) is 0 Å². The monoisotopic (exact) mass is 374 g/mol. The molecule has 0 bridgehead atoms. The van der Waals surface area contributed by atoms with E-state index >= 15 is 0 Å². The Morgan fingerprint density at radius 1 is 1.00 bits per heavy atom. The molecule has 25 heavy (non-hydrogen) atoms. The van der Waals surface area contributed by atoms with Crippen LogP contribution in [0.15, 0.2) is 47.1 Å². The van der Waals surface area contributed by atoms with Crippen LogP contribution in [0.2, 0.25) is 19.6 Å². The fourth-order valence-corrected chi connectivity index (χ4v) is 10.4. The zero-order valence-electron chi connectivity index (χ0n) is 17.9. The van der Waals surface area contributed by atoms with Crippen molar-refractivity contribution in [2.24, 2.45) is 10.8 Å². The van der Waals surface area contributed by atoms with Crippen molar-refractivity contribution in [2.75, 3.05) is 0 Å². The first-order chi connectivity index (χ1) is 11.2. The molecule has 0 amide bonds. The molecule has 0 fully saturated rings. The third-order valence-corrected chi connectivity index (χ3v) is 9.50. The van der Waals surface area contributed by atoms with Gasteiger partial charge < -0.3 is 0 Å². The van der Waals surface area contributed by atoms with Crippen molar-refractivity contribution >= 4 is 18.4 Å². The van der Waals surface area contributed by atoms with Gasteiger partial charge in [0, 0.05) is 4.75 Å². The maximum absolute atomic E-state index is 2.57. The summed E-state index contributed by atoms with van der Waals surface area (Å²) >= 11 is 2.31. The minimum atomic E-state index is -1.28. The lowest BCUT2D eigenvalue weighted by atomic mass is 9.68. The second kappa shape index (κ2) is 6.92. The molecule has 0 radical (unpaired) electrons. The number of hydrogen-bond acceptors (Lipinski definition) is 1. The minimum absolute atomic E-state index is 0.195. The number of hydrogen-bond donors (Lipinski definition) is 0. The summed E-state index contributed by atoms with van der Waals surface area (Å²) in [6.45, 7) is 21.8. The van der Waals surface area contributed by atoms with Crippen LogP contribution in [0, 0.1) is 10.8 Å². The van der Waals surface area contributed by atoms with Crippen LogP contribution in [0.25, 0.3) is 0 Å². The highest BCUT2D eigenvalue weighted by Gasteiger charge is 2.45. The Morgan fingerprint density at radius 2 is 1.64 bits per heavy atom. The van der Waals surface area contributed by atoms with Crippen LogP contribution >= 0.6 is 11.2 Å². The molecule has 1 unspecified atom stereocenters. The van der Waals surface area contributed by atoms with Crippen molar-refractivity contribution in [2.45, 2.75) is 85.2 Å². The van der Waals surface area contributed by atoms with Crippen molar-refractivity contribution in [3.8, 4) is 0 Å². The van der Waals surface area contributed by atoms with Crippen molar-refractivity contribution in [1.29, 1.82) is 0 Å². The minimum Gasteiger partial charge on any atom is -0.174 e. The molecule has 0 heterocycles. The lowest BCUT2D eigenvalue weighted by Gasteiger charge is -2.47. The molecule has 0 aromatic carbocycles. The van der Waals surface area contributed by atoms with Gasteiger partial charge in [-0.25, -0.2) is 0 Å². The van der Waals surface area contributed by atoms with E-state index in [-0.39, 0.29) is 15.6 Å². The summed E-state index contributed by atoms with van der Waals surface area (Å²) in [5.41, 5.74) is 5.12. The maximum Gasteiger partial charge on any atom is 0.109 e. The SMILES string of the molecule is CC(C)(C)C1=CCC(CC2=CCC=C2)(S[Si](C)(C)C)C(C(C)(C)C)=C1. The van der Waals surface area contributed by atoms with E-state index in [1.54, 1.807) is 5.57 Å². The molecule has 0 aromatic heterocycles. The van der Waals surface area contributed by atoms with Gasteiger partial charge in [-0.2, -0.15) is 11.2 Å². The van der Waals surface area contributed by atoms with E-state index in [1.807, 2.05) is 0 Å². The predicted octanol–water partition coefficient (Wildman–Crippen LogP) is 7.92. The third-order valence-electron chi connectivity index (χ3n) is 4.96. The van der Waals surface area contributed by atoms with E-state index in [9.17, 15) is 0 Å². The fourth-order valence-electron chi connectivity index (χ4n) is 4.01. The predicted molar refractivity (Wildman–Crippen MR) is 120 cm³/mol. The van der Waals surface area contributed by atoms with E-state index < -0.39 is 7.22 Å². The molecule has 1 atom stereocenters. The lowest BCUT2D eigenvalue weighted by Crippen LogP contribution is -2.41. The molecule has 0 aromatic rings. The average molecular weight is 375 g/mol. The van der Waals surface area contributed by atoms with Gasteiger partial charge in [0.1, 0.15) is 7.22 Å². The molecule has 2 heteroatoms. The number of allylic oxidation sites excluding steroid dienone is 7. The normalized spacial score (nSPS) is 24.9. The molecule has 0 nitrogen and oxygen atoms in total. The Labute approximate surface area is 161 Å². The second-order valence-electron chi connectivity index (χ2n) is 10.7. The first-order valence-electron chi connectivity index (χ1n) is 9.72. The summed E-state index contributed by atoms with van der Waals surface area (Å²) in [5.74, 6) is 0. The summed E-state index contributed by atoms with van der Waals surface area (Å²) in [4.78, 5) is 0. The van der Waals surface area contributed by atoms with E-state index in [1.165, 1.54) is 24.0 Å². The molecular formula is C23H38SSi. The molecular weight excluding hydrogens is 336 g/mol. The van der Waals surface area contributed by atoms with Crippen molar-refractivity contribution in [1.82, 2.24) is 0 Å². The summed E-state index contributed by atoms with van der Waals surface area (Å²) in [6, 6.07) is 0. The van der Waals surface area contributed by atoms with Gasteiger partial charge in [0.25, 0.3) is 0 Å². The van der Waals surface area contributed by atoms with Crippen LogP contribution in [-0.4, -0.2) is 12.0 Å². The molecule has 2 rings (SSSR count). The van der Waals surface area contributed by atoms with Crippen LogP contribution in [0.4, 0.5) is 0 Å². The van der Waals surface area contributed by atoms with Gasteiger partial charge in [-0.05, 0) is 41.2 Å². The van der Waals surface area contributed by atoms with Gasteiger partial charge in [-0.15, -0.1) is 0 Å². The molecule has 0 saturated heterocycles. The third kappa shape index (κ3) is 5.26. The van der Waals surface area contributed by atoms with Crippen LogP contribution < -0.4 is 0 Å². The Bertz CT molecular complexity index is 626. The van der Waals surface area contributed by atoms with Gasteiger partial charge in [-0.1, -0.05) is 97.1 Å². The quantitative estimate of drug-likeness (QED) is 0.450. The molecule has 2 aliphatic rings. The van der Waals surface area contributed by atoms with Crippen molar-refractivity contribution < 1.29 is 0 Å². The van der Waals surface area contributed by atoms with E-state index in [0.29, 0.717) is 0 Å². The first kappa shape index (κ1) is 20.8. The largest absolute Gasteiger partial charge is 0.174 e. The van der Waals surface area contributed by atoms with Gasteiger partial charge in [-0.3, -0.25) is 0 Å². The molecule has 0 aliphatic heterocycles. The van der Waals surface area contributed by atoms with E-state index in [4.69, 9.17) is 0 Å². The Balaban J connectivity index is 2.54. The zero-order valence-corrected chi connectivity index (χ0v) is 19.7. The Kier molecular flexibility index (Phi) is 5.77. The highest BCUT2D eigenvalue weighted by atomic mass is 32.4. The molecule has 2 aliphatic carbocycles. The number of rotatable bonds is 4. The summed E-state index contributed by atoms with van der Waals surface area (Å²) in [6.07, 6.45) is 15.7. The van der Waals surface area contributed by atoms with Gasteiger partial charge >= 0.3 is 0 Å². The highest BCUT2D eigenvalue weighted by Crippen LogP contribution is 2.55. The van der Waals surface area contributed by atoms with Crippen LogP contribution in [0.5, 0.6) is 0 Å². The van der Waals surface area contributed by atoms with Crippen LogP contribution in [-0.2, 0) is 0 Å². The topological polar surface area (TPSA) is 0 Å². The maximum atomic E-state index is 2.57. The van der Waals surface area contributed by atoms with Crippen molar-refractivity contribution in [3.63, 3.8) is 0 Å². The smallest absolute Gasteiger partial charge is 0.109 e. The standard InChI is InChI=1S/C23H38SSi/c1-21(2,3)19-14-15-23(24-25(7,8)9,17-18-12-10-11-13-18)20(16-19)22(4,5)6/h10,12-14,16H,11,15,17H2,1-9H3. The highest BCUT2D eigenvalue weighted by molar-refractivity contribution is 8.29. The molecule has 140 valence electrons. The Morgan fingerprint density at radius 3 is 2.08 bits per heavy atom. The van der Waals surface area contributed by atoms with Gasteiger partial charge in [0.2, 0.25) is 0 Å². The molecule has 0 saturated carbocycles. The fraction of sp³-hybridized carbons (Fsp3) is 0.652. The van der Waals surface area contributed by atoms with E-state index in [0.717, 1.165) is 6.42 Å². The van der Waals surface area contributed by atoms with Gasteiger partial charge in [0.05, 0.1) is 0 Å². The zero-order chi connectivity index (χ0) is 19.1. The molecule has 0 spiro atoms.